The van der Waals surface area contributed by atoms with Crippen LogP contribution in [-0.2, 0) is 14.3 Å². The van der Waals surface area contributed by atoms with Crippen molar-refractivity contribution in [3.63, 3.8) is 0 Å². The summed E-state index contributed by atoms with van der Waals surface area (Å²) in [6.07, 6.45) is 5.83. The van der Waals surface area contributed by atoms with E-state index in [0.29, 0.717) is 6.61 Å². The minimum Gasteiger partial charge on any atom is -0.469 e. The van der Waals surface area contributed by atoms with Gasteiger partial charge in [-0.25, -0.2) is 0 Å². The quantitative estimate of drug-likeness (QED) is 0.753. The van der Waals surface area contributed by atoms with Gasteiger partial charge < -0.3 is 13.9 Å². The van der Waals surface area contributed by atoms with Crippen molar-refractivity contribution in [1.29, 1.82) is 0 Å². The average Bonchev–Trinajstić information content (AvgIpc) is 2.84. The summed E-state index contributed by atoms with van der Waals surface area (Å²) in [4.78, 5) is 11.8. The lowest BCUT2D eigenvalue weighted by atomic mass is 10.2. The van der Waals surface area contributed by atoms with Crippen molar-refractivity contribution in [2.24, 2.45) is 5.92 Å². The van der Waals surface area contributed by atoms with E-state index in [0.717, 1.165) is 38.1 Å². The van der Waals surface area contributed by atoms with E-state index in [1.807, 2.05) is 12.1 Å². The second-order valence-corrected chi connectivity index (χ2v) is 5.06. The molecule has 1 saturated heterocycles. The number of carbonyl (C=O) groups excluding carboxylic acids is 1. The van der Waals surface area contributed by atoms with E-state index in [1.165, 1.54) is 0 Å². The van der Waals surface area contributed by atoms with Crippen LogP contribution in [0.25, 0.3) is 0 Å². The molecule has 18 heavy (non-hydrogen) atoms. The van der Waals surface area contributed by atoms with Crippen LogP contribution in [0.5, 0.6) is 0 Å². The largest absolute Gasteiger partial charge is 0.469 e. The molecule has 1 aromatic rings. The Labute approximate surface area is 106 Å². The van der Waals surface area contributed by atoms with Crippen molar-refractivity contribution in [1.82, 2.24) is 0 Å². The fourth-order valence-corrected chi connectivity index (χ4v) is 2.54. The molecular weight excluding hydrogens is 232 g/mol. The molecule has 1 saturated carbocycles. The molecule has 0 aromatic carbocycles. The molecule has 0 amide bonds. The third-order valence-electron chi connectivity index (χ3n) is 3.71. The number of ether oxygens (including phenoxy) is 2. The predicted molar refractivity (Wildman–Crippen MR) is 64.1 cm³/mol. The standard InChI is InChI=1S/C14H18O4/c15-14(18-8-5-10-3-1-6-16-10)12-9-11(12)13-4-2-7-17-13/h2,4,7,10-12H,1,3,5-6,8-9H2/t10-,11+,12-/m0/s1. The molecular formula is C14H18O4. The van der Waals surface area contributed by atoms with E-state index in [1.54, 1.807) is 6.26 Å². The topological polar surface area (TPSA) is 48.7 Å². The van der Waals surface area contributed by atoms with Gasteiger partial charge in [0.05, 0.1) is 24.9 Å². The van der Waals surface area contributed by atoms with Crippen LogP contribution in [0.4, 0.5) is 0 Å². The molecule has 4 nitrogen and oxygen atoms in total. The van der Waals surface area contributed by atoms with Crippen molar-refractivity contribution < 1.29 is 18.7 Å². The van der Waals surface area contributed by atoms with Crippen LogP contribution in [0.2, 0.25) is 0 Å². The van der Waals surface area contributed by atoms with E-state index in [9.17, 15) is 4.79 Å². The molecule has 1 aromatic heterocycles. The summed E-state index contributed by atoms with van der Waals surface area (Å²) in [6, 6.07) is 3.78. The van der Waals surface area contributed by atoms with Gasteiger partial charge in [0, 0.05) is 18.9 Å². The van der Waals surface area contributed by atoms with Crippen molar-refractivity contribution >= 4 is 5.97 Å². The molecule has 98 valence electrons. The van der Waals surface area contributed by atoms with Gasteiger partial charge in [0.25, 0.3) is 0 Å². The maximum atomic E-state index is 11.8. The van der Waals surface area contributed by atoms with E-state index >= 15 is 0 Å². The second-order valence-electron chi connectivity index (χ2n) is 5.06. The van der Waals surface area contributed by atoms with Gasteiger partial charge in [-0.15, -0.1) is 0 Å². The van der Waals surface area contributed by atoms with E-state index in [2.05, 4.69) is 0 Å². The lowest BCUT2D eigenvalue weighted by Crippen LogP contribution is -2.14. The Bertz CT molecular complexity index is 392. The van der Waals surface area contributed by atoms with Crippen molar-refractivity contribution in [3.8, 4) is 0 Å². The summed E-state index contributed by atoms with van der Waals surface area (Å²) in [6.45, 7) is 1.33. The molecule has 0 radical (unpaired) electrons. The normalized spacial score (nSPS) is 30.3. The lowest BCUT2D eigenvalue weighted by molar-refractivity contribution is -0.146. The van der Waals surface area contributed by atoms with Crippen molar-refractivity contribution in [2.75, 3.05) is 13.2 Å². The monoisotopic (exact) mass is 250 g/mol. The highest BCUT2D eigenvalue weighted by molar-refractivity contribution is 5.77. The molecule has 2 aliphatic rings. The molecule has 0 spiro atoms. The number of carbonyl (C=O) groups is 1. The molecule has 2 fully saturated rings. The van der Waals surface area contributed by atoms with Crippen LogP contribution in [0, 0.1) is 5.92 Å². The maximum Gasteiger partial charge on any atom is 0.309 e. The molecule has 4 heteroatoms. The average molecular weight is 250 g/mol. The Kier molecular flexibility index (Phi) is 3.37. The highest BCUT2D eigenvalue weighted by Gasteiger charge is 2.47. The van der Waals surface area contributed by atoms with Crippen molar-refractivity contribution in [2.45, 2.75) is 37.7 Å². The molecule has 1 aliphatic carbocycles. The Hall–Kier alpha value is -1.29. The van der Waals surface area contributed by atoms with E-state index in [-0.39, 0.29) is 23.9 Å². The van der Waals surface area contributed by atoms with Gasteiger partial charge in [0.1, 0.15) is 5.76 Å². The number of hydrogen-bond donors (Lipinski definition) is 0. The molecule has 2 heterocycles. The molecule has 0 bridgehead atoms. The van der Waals surface area contributed by atoms with E-state index < -0.39 is 0 Å². The zero-order valence-corrected chi connectivity index (χ0v) is 10.3. The van der Waals surface area contributed by atoms with Gasteiger partial charge in [-0.1, -0.05) is 0 Å². The highest BCUT2D eigenvalue weighted by Crippen LogP contribution is 2.48. The first kappa shape index (κ1) is 11.8. The zero-order valence-electron chi connectivity index (χ0n) is 10.3. The summed E-state index contributed by atoms with van der Waals surface area (Å²) >= 11 is 0. The summed E-state index contributed by atoms with van der Waals surface area (Å²) in [7, 11) is 0. The van der Waals surface area contributed by atoms with Gasteiger partial charge in [0.2, 0.25) is 0 Å². The Morgan fingerprint density at radius 2 is 2.44 bits per heavy atom. The lowest BCUT2D eigenvalue weighted by Gasteiger charge is -2.09. The summed E-state index contributed by atoms with van der Waals surface area (Å²) < 4.78 is 16.1. The number of esters is 1. The second kappa shape index (κ2) is 5.14. The smallest absolute Gasteiger partial charge is 0.309 e. The van der Waals surface area contributed by atoms with Gasteiger partial charge in [-0.3, -0.25) is 4.79 Å². The number of furan rings is 1. The van der Waals surface area contributed by atoms with Crippen LogP contribution < -0.4 is 0 Å². The Balaban J connectivity index is 1.38. The first-order valence-electron chi connectivity index (χ1n) is 6.66. The first-order valence-corrected chi connectivity index (χ1v) is 6.66. The minimum atomic E-state index is -0.0885. The molecule has 1 aliphatic heterocycles. The molecule has 0 N–H and O–H groups in total. The van der Waals surface area contributed by atoms with E-state index in [4.69, 9.17) is 13.9 Å². The molecule has 3 atom stereocenters. The van der Waals surface area contributed by atoms with Crippen LogP contribution in [0.1, 0.15) is 37.4 Å². The van der Waals surface area contributed by atoms with Crippen LogP contribution in [0.15, 0.2) is 22.8 Å². The Morgan fingerprint density at radius 3 is 3.17 bits per heavy atom. The summed E-state index contributed by atoms with van der Waals surface area (Å²) in [5.74, 6) is 1.04. The molecule has 0 unspecified atom stereocenters. The summed E-state index contributed by atoms with van der Waals surface area (Å²) in [5.41, 5.74) is 0. The third-order valence-corrected chi connectivity index (χ3v) is 3.71. The SMILES string of the molecule is O=C(OCC[C@@H]1CCCO1)[C@H]1C[C@H]1c1ccco1. The van der Waals surface area contributed by atoms with Gasteiger partial charge >= 0.3 is 5.97 Å². The first-order chi connectivity index (χ1) is 8.84. The fraction of sp³-hybridized carbons (Fsp3) is 0.643. The number of rotatable bonds is 5. The van der Waals surface area contributed by atoms with Crippen molar-refractivity contribution in [3.05, 3.63) is 24.2 Å². The molecule has 3 rings (SSSR count). The zero-order chi connectivity index (χ0) is 12.4. The van der Waals surface area contributed by atoms with Gasteiger partial charge in [-0.05, 0) is 31.4 Å². The minimum absolute atomic E-state index is 0.000599. The highest BCUT2D eigenvalue weighted by atomic mass is 16.5. The third kappa shape index (κ3) is 2.58. The predicted octanol–water partition coefficient (Wildman–Crippen LogP) is 2.50. The van der Waals surface area contributed by atoms with Crippen LogP contribution in [-0.4, -0.2) is 25.3 Å². The fourth-order valence-electron chi connectivity index (χ4n) is 2.54. The van der Waals surface area contributed by atoms with Crippen LogP contribution in [0.3, 0.4) is 0 Å². The van der Waals surface area contributed by atoms with Gasteiger partial charge in [0.15, 0.2) is 0 Å². The number of hydrogen-bond acceptors (Lipinski definition) is 4. The summed E-state index contributed by atoms with van der Waals surface area (Å²) in [5, 5.41) is 0. The maximum absolute atomic E-state index is 11.8. The van der Waals surface area contributed by atoms with Crippen LogP contribution >= 0.6 is 0 Å². The Morgan fingerprint density at radius 1 is 1.50 bits per heavy atom. The van der Waals surface area contributed by atoms with Gasteiger partial charge in [-0.2, -0.15) is 0 Å².